The van der Waals surface area contributed by atoms with Crippen LogP contribution in [-0.4, -0.2) is 26.5 Å². The molecule has 6 heteroatoms. The number of allylic oxidation sites excluding steroid dienone is 1. The van der Waals surface area contributed by atoms with Gasteiger partial charge in [0.25, 0.3) is 0 Å². The van der Waals surface area contributed by atoms with Crippen molar-refractivity contribution >= 4 is 16.9 Å². The monoisotopic (exact) mass is 274 g/mol. The molecule has 6 nitrogen and oxygen atoms in total. The topological polar surface area (TPSA) is 93.9 Å². The number of rotatable bonds is 4. The number of fused-ring (bicyclic) bond motifs is 1. The molecular weight excluding hydrogens is 256 g/mol. The molecule has 2 rings (SSSR count). The summed E-state index contributed by atoms with van der Waals surface area (Å²) in [5, 5.41) is 0.830. The highest BCUT2D eigenvalue weighted by molar-refractivity contribution is 5.87. The average Bonchev–Trinajstić information content (AvgIpc) is 2.71. The summed E-state index contributed by atoms with van der Waals surface area (Å²) in [6.07, 6.45) is 6.89. The Morgan fingerprint density at radius 3 is 2.85 bits per heavy atom. The second kappa shape index (κ2) is 5.32. The molecule has 2 heterocycles. The fourth-order valence-corrected chi connectivity index (χ4v) is 1.83. The van der Waals surface area contributed by atoms with E-state index in [1.165, 1.54) is 12.4 Å². The summed E-state index contributed by atoms with van der Waals surface area (Å²) in [6, 6.07) is 0. The van der Waals surface area contributed by atoms with Crippen molar-refractivity contribution in [3.8, 4) is 5.88 Å². The molecule has 0 aromatic carbocycles. The molecule has 0 aliphatic carbocycles. The number of hydrogen-bond acceptors (Lipinski definition) is 4. The predicted molar refractivity (Wildman–Crippen MR) is 76.3 cm³/mol. The van der Waals surface area contributed by atoms with E-state index in [1.807, 2.05) is 27.0 Å². The lowest BCUT2D eigenvalue weighted by atomic mass is 10.1. The van der Waals surface area contributed by atoms with Gasteiger partial charge in [-0.15, -0.1) is 0 Å². The Hall–Kier alpha value is -2.37. The first-order valence-corrected chi connectivity index (χ1v) is 6.33. The number of nitrogens with zero attached hydrogens (tertiary/aromatic N) is 2. The van der Waals surface area contributed by atoms with Crippen molar-refractivity contribution in [1.29, 1.82) is 0 Å². The Morgan fingerprint density at radius 1 is 1.45 bits per heavy atom. The Balaban J connectivity index is 2.38. The zero-order valence-electron chi connectivity index (χ0n) is 11.8. The number of nitrogens with one attached hydrogen (secondary N) is 1. The second-order valence-electron chi connectivity index (χ2n) is 5.44. The van der Waals surface area contributed by atoms with Gasteiger partial charge in [0.05, 0.1) is 5.39 Å². The van der Waals surface area contributed by atoms with E-state index >= 15 is 0 Å². The maximum absolute atomic E-state index is 10.7. The number of aromatic amines is 1. The van der Waals surface area contributed by atoms with Gasteiger partial charge >= 0.3 is 0 Å². The van der Waals surface area contributed by atoms with Crippen LogP contribution in [0.25, 0.3) is 11.0 Å². The third kappa shape index (κ3) is 3.34. The summed E-state index contributed by atoms with van der Waals surface area (Å²) >= 11 is 0. The van der Waals surface area contributed by atoms with Crippen molar-refractivity contribution < 1.29 is 9.53 Å². The van der Waals surface area contributed by atoms with Gasteiger partial charge in [-0.2, -0.15) is 0 Å². The zero-order valence-corrected chi connectivity index (χ0v) is 11.8. The Kier molecular flexibility index (Phi) is 3.74. The van der Waals surface area contributed by atoms with Crippen LogP contribution >= 0.6 is 0 Å². The Bertz CT molecular complexity index is 653. The molecule has 0 aliphatic rings. The third-order valence-electron chi connectivity index (χ3n) is 2.54. The Labute approximate surface area is 117 Å². The first-order chi connectivity index (χ1) is 9.37. The molecule has 0 saturated carbocycles. The molecule has 3 N–H and O–H groups in total. The molecule has 0 fully saturated rings. The number of nitrogens with two attached hydrogens (primary N) is 1. The van der Waals surface area contributed by atoms with Gasteiger partial charge in [0.1, 0.15) is 17.6 Å². The van der Waals surface area contributed by atoms with E-state index in [-0.39, 0.29) is 5.60 Å². The molecule has 0 aliphatic heterocycles. The van der Waals surface area contributed by atoms with E-state index in [4.69, 9.17) is 10.5 Å². The summed E-state index contributed by atoms with van der Waals surface area (Å²) in [5.41, 5.74) is 6.39. The quantitative estimate of drug-likeness (QED) is 0.830. The molecule has 106 valence electrons. The average molecular weight is 274 g/mol. The van der Waals surface area contributed by atoms with E-state index in [0.717, 1.165) is 10.9 Å². The molecule has 1 amide bonds. The summed E-state index contributed by atoms with van der Waals surface area (Å²) in [6.45, 7) is 5.88. The smallest absolute Gasteiger partial charge is 0.241 e. The molecule has 0 bridgehead atoms. The van der Waals surface area contributed by atoms with Crippen molar-refractivity contribution in [1.82, 2.24) is 15.0 Å². The van der Waals surface area contributed by atoms with Gasteiger partial charge in [0.2, 0.25) is 11.8 Å². The van der Waals surface area contributed by atoms with E-state index in [0.29, 0.717) is 17.9 Å². The van der Waals surface area contributed by atoms with Gasteiger partial charge in [-0.1, -0.05) is 6.08 Å². The highest BCUT2D eigenvalue weighted by Gasteiger charge is 2.18. The normalized spacial score (nSPS) is 12.2. The lowest BCUT2D eigenvalue weighted by molar-refractivity contribution is -0.113. The predicted octanol–water partition coefficient (Wildman–Crippen LogP) is 1.72. The van der Waals surface area contributed by atoms with Crippen LogP contribution in [0.3, 0.4) is 0 Å². The number of hydrogen-bond donors (Lipinski definition) is 2. The Morgan fingerprint density at radius 2 is 2.20 bits per heavy atom. The molecule has 0 radical (unpaired) electrons. The van der Waals surface area contributed by atoms with Crippen molar-refractivity contribution in [2.45, 2.75) is 32.8 Å². The van der Waals surface area contributed by atoms with Gasteiger partial charge in [0.15, 0.2) is 0 Å². The van der Waals surface area contributed by atoms with Crippen LogP contribution < -0.4 is 10.5 Å². The van der Waals surface area contributed by atoms with Crippen LogP contribution in [0, 0.1) is 0 Å². The van der Waals surface area contributed by atoms with Gasteiger partial charge in [-0.3, -0.25) is 4.79 Å². The minimum Gasteiger partial charge on any atom is -0.471 e. The maximum atomic E-state index is 10.7. The van der Waals surface area contributed by atoms with E-state index in [2.05, 4.69) is 15.0 Å². The number of carbonyl (C=O) groups is 1. The zero-order chi connectivity index (χ0) is 14.8. The fourth-order valence-electron chi connectivity index (χ4n) is 1.83. The summed E-state index contributed by atoms with van der Waals surface area (Å²) in [5.74, 6) is 0.0680. The van der Waals surface area contributed by atoms with E-state index < -0.39 is 5.91 Å². The number of aromatic nitrogens is 3. The number of H-pyrrole nitrogens is 1. The largest absolute Gasteiger partial charge is 0.471 e. The molecule has 0 spiro atoms. The minimum atomic E-state index is -0.466. The molecule has 0 saturated heterocycles. The molecule has 0 atom stereocenters. The van der Waals surface area contributed by atoms with Gasteiger partial charge in [0, 0.05) is 6.20 Å². The van der Waals surface area contributed by atoms with E-state index in [1.54, 1.807) is 6.08 Å². The van der Waals surface area contributed by atoms with Crippen LogP contribution in [0.1, 0.15) is 26.3 Å². The number of amides is 1. The van der Waals surface area contributed by atoms with Crippen molar-refractivity contribution in [2.24, 2.45) is 5.73 Å². The van der Waals surface area contributed by atoms with Crippen LogP contribution in [0.2, 0.25) is 0 Å². The number of primary amides is 1. The van der Waals surface area contributed by atoms with Crippen LogP contribution in [-0.2, 0) is 11.2 Å². The lowest BCUT2D eigenvalue weighted by Gasteiger charge is -2.20. The van der Waals surface area contributed by atoms with E-state index in [9.17, 15) is 4.79 Å². The SMILES string of the molecule is CC(C)(C)Oc1ncnc2[nH]cc(C/C=C/C(N)=O)c12. The summed E-state index contributed by atoms with van der Waals surface area (Å²) in [7, 11) is 0. The minimum absolute atomic E-state index is 0.348. The summed E-state index contributed by atoms with van der Waals surface area (Å²) in [4.78, 5) is 22.2. The highest BCUT2D eigenvalue weighted by atomic mass is 16.5. The molecule has 2 aromatic heterocycles. The number of carbonyl (C=O) groups excluding carboxylic acids is 1. The molecule has 0 unspecified atom stereocenters. The van der Waals surface area contributed by atoms with Gasteiger partial charge in [-0.05, 0) is 38.8 Å². The second-order valence-corrected chi connectivity index (χ2v) is 5.44. The van der Waals surface area contributed by atoms with Crippen LogP contribution in [0.4, 0.5) is 0 Å². The summed E-state index contributed by atoms with van der Waals surface area (Å²) < 4.78 is 5.85. The lowest BCUT2D eigenvalue weighted by Crippen LogP contribution is -2.23. The van der Waals surface area contributed by atoms with Crippen molar-refractivity contribution in [3.63, 3.8) is 0 Å². The molecular formula is C14H18N4O2. The maximum Gasteiger partial charge on any atom is 0.241 e. The number of ether oxygens (including phenoxy) is 1. The molecule has 20 heavy (non-hydrogen) atoms. The standard InChI is InChI=1S/C14H18N4O2/c1-14(2,3)20-13-11-9(5-4-6-10(15)19)7-16-12(11)17-8-18-13/h4,6-8H,5H2,1-3H3,(H2,15,19)(H,16,17,18)/b6-4+. The molecule has 2 aromatic rings. The highest BCUT2D eigenvalue weighted by Crippen LogP contribution is 2.28. The van der Waals surface area contributed by atoms with Crippen LogP contribution in [0.15, 0.2) is 24.7 Å². The first kappa shape index (κ1) is 14.0. The van der Waals surface area contributed by atoms with Crippen molar-refractivity contribution in [3.05, 3.63) is 30.2 Å². The fraction of sp³-hybridized carbons (Fsp3) is 0.357. The van der Waals surface area contributed by atoms with Gasteiger partial charge < -0.3 is 15.5 Å². The first-order valence-electron chi connectivity index (χ1n) is 6.33. The van der Waals surface area contributed by atoms with Crippen LogP contribution in [0.5, 0.6) is 5.88 Å². The van der Waals surface area contributed by atoms with Gasteiger partial charge in [-0.25, -0.2) is 9.97 Å². The third-order valence-corrected chi connectivity index (χ3v) is 2.54. The van der Waals surface area contributed by atoms with Crippen molar-refractivity contribution in [2.75, 3.05) is 0 Å².